The second kappa shape index (κ2) is 6.91. The molecule has 1 aromatic rings. The maximum atomic E-state index is 5.98. The van der Waals surface area contributed by atoms with Gasteiger partial charge >= 0.3 is 0 Å². The van der Waals surface area contributed by atoms with E-state index in [0.717, 1.165) is 12.8 Å². The fourth-order valence-corrected chi connectivity index (χ4v) is 1.74. The molecule has 1 aromatic carbocycles. The van der Waals surface area contributed by atoms with Crippen molar-refractivity contribution in [1.82, 2.24) is 5.32 Å². The Labute approximate surface area is 112 Å². The molecule has 102 valence electrons. The third-order valence-electron chi connectivity index (χ3n) is 3.63. The summed E-state index contributed by atoms with van der Waals surface area (Å²) in [7, 11) is 1.99. The van der Waals surface area contributed by atoms with Gasteiger partial charge in [-0.3, -0.25) is 0 Å². The van der Waals surface area contributed by atoms with E-state index in [-0.39, 0.29) is 11.6 Å². The summed E-state index contributed by atoms with van der Waals surface area (Å²) in [5.41, 5.74) is 2.63. The van der Waals surface area contributed by atoms with Crippen molar-refractivity contribution in [2.45, 2.75) is 52.2 Å². The molecule has 0 heterocycles. The summed E-state index contributed by atoms with van der Waals surface area (Å²) >= 11 is 0. The predicted molar refractivity (Wildman–Crippen MR) is 77.9 cm³/mol. The van der Waals surface area contributed by atoms with Crippen molar-refractivity contribution in [3.05, 3.63) is 35.4 Å². The van der Waals surface area contributed by atoms with Crippen LogP contribution >= 0.6 is 0 Å². The highest BCUT2D eigenvalue weighted by atomic mass is 16.5. The summed E-state index contributed by atoms with van der Waals surface area (Å²) in [4.78, 5) is 0. The van der Waals surface area contributed by atoms with E-state index in [4.69, 9.17) is 4.74 Å². The van der Waals surface area contributed by atoms with Crippen molar-refractivity contribution in [3.63, 3.8) is 0 Å². The monoisotopic (exact) mass is 249 g/mol. The lowest BCUT2D eigenvalue weighted by molar-refractivity contribution is -0.0300. The Balaban J connectivity index is 2.65. The number of aryl methyl sites for hydroxylation is 1. The van der Waals surface area contributed by atoms with Gasteiger partial charge in [-0.2, -0.15) is 0 Å². The molecule has 1 atom stereocenters. The van der Waals surface area contributed by atoms with Crippen molar-refractivity contribution in [2.24, 2.45) is 0 Å². The summed E-state index contributed by atoms with van der Waals surface area (Å²) in [5, 5.41) is 3.33. The molecule has 2 nitrogen and oxygen atoms in total. The number of ether oxygens (including phenoxy) is 1. The average molecular weight is 249 g/mol. The molecule has 0 bridgehead atoms. The average Bonchev–Trinajstić information content (AvgIpc) is 2.40. The molecule has 2 heteroatoms. The van der Waals surface area contributed by atoms with Gasteiger partial charge in [0.05, 0.1) is 18.2 Å². The Bertz CT molecular complexity index is 343. The Morgan fingerprint density at radius 2 is 1.78 bits per heavy atom. The van der Waals surface area contributed by atoms with Gasteiger partial charge in [-0.05, 0) is 44.9 Å². The first kappa shape index (κ1) is 15.2. The number of benzene rings is 1. The highest BCUT2D eigenvalue weighted by Gasteiger charge is 2.18. The van der Waals surface area contributed by atoms with Gasteiger partial charge in [0, 0.05) is 0 Å². The summed E-state index contributed by atoms with van der Waals surface area (Å²) in [6.45, 7) is 9.32. The van der Waals surface area contributed by atoms with Gasteiger partial charge in [-0.1, -0.05) is 38.1 Å². The van der Waals surface area contributed by atoms with Crippen LogP contribution in [-0.2, 0) is 11.2 Å². The first-order chi connectivity index (χ1) is 8.52. The number of hydrogen-bond donors (Lipinski definition) is 1. The molecule has 0 radical (unpaired) electrons. The Kier molecular flexibility index (Phi) is 5.83. The Morgan fingerprint density at radius 3 is 2.22 bits per heavy atom. The zero-order valence-corrected chi connectivity index (χ0v) is 12.4. The number of hydrogen-bond acceptors (Lipinski definition) is 2. The minimum Gasteiger partial charge on any atom is -0.374 e. The normalized spacial score (nSPS) is 13.6. The zero-order valence-electron chi connectivity index (χ0n) is 12.4. The SMILES string of the molecule is CCc1ccc(C(COC(C)(C)CC)NC)cc1. The van der Waals surface area contributed by atoms with Crippen LogP contribution in [0.3, 0.4) is 0 Å². The van der Waals surface area contributed by atoms with E-state index in [2.05, 4.69) is 57.3 Å². The van der Waals surface area contributed by atoms with Crippen LogP contribution in [0.5, 0.6) is 0 Å². The van der Waals surface area contributed by atoms with E-state index >= 15 is 0 Å². The van der Waals surface area contributed by atoms with Crippen LogP contribution in [0.2, 0.25) is 0 Å². The van der Waals surface area contributed by atoms with E-state index in [0.29, 0.717) is 6.61 Å². The van der Waals surface area contributed by atoms with Gasteiger partial charge in [0.25, 0.3) is 0 Å². The topological polar surface area (TPSA) is 21.3 Å². The lowest BCUT2D eigenvalue weighted by atomic mass is 10.0. The minimum absolute atomic E-state index is 0.0432. The molecule has 0 fully saturated rings. The van der Waals surface area contributed by atoms with E-state index < -0.39 is 0 Å². The van der Waals surface area contributed by atoms with Gasteiger partial charge in [0.15, 0.2) is 0 Å². The second-order valence-electron chi connectivity index (χ2n) is 5.36. The van der Waals surface area contributed by atoms with Crippen LogP contribution < -0.4 is 5.32 Å². The molecule has 18 heavy (non-hydrogen) atoms. The molecule has 0 amide bonds. The molecular formula is C16H27NO. The Morgan fingerprint density at radius 1 is 1.17 bits per heavy atom. The van der Waals surface area contributed by atoms with Crippen molar-refractivity contribution < 1.29 is 4.74 Å². The molecule has 0 saturated heterocycles. The van der Waals surface area contributed by atoms with E-state index in [9.17, 15) is 0 Å². The second-order valence-corrected chi connectivity index (χ2v) is 5.36. The van der Waals surface area contributed by atoms with Gasteiger partial charge in [-0.25, -0.2) is 0 Å². The van der Waals surface area contributed by atoms with Crippen molar-refractivity contribution in [2.75, 3.05) is 13.7 Å². The number of rotatable bonds is 7. The highest BCUT2D eigenvalue weighted by Crippen LogP contribution is 2.19. The zero-order chi connectivity index (χ0) is 13.6. The lowest BCUT2D eigenvalue weighted by Crippen LogP contribution is -2.30. The number of nitrogens with one attached hydrogen (secondary N) is 1. The minimum atomic E-state index is -0.0432. The first-order valence-electron chi connectivity index (χ1n) is 6.92. The van der Waals surface area contributed by atoms with Crippen LogP contribution in [0.1, 0.15) is 51.3 Å². The molecular weight excluding hydrogens is 222 g/mol. The summed E-state index contributed by atoms with van der Waals surface area (Å²) in [6, 6.07) is 9.06. The van der Waals surface area contributed by atoms with Crippen LogP contribution in [0, 0.1) is 0 Å². The fraction of sp³-hybridized carbons (Fsp3) is 0.625. The summed E-state index contributed by atoms with van der Waals surface area (Å²) in [6.07, 6.45) is 2.11. The summed E-state index contributed by atoms with van der Waals surface area (Å²) in [5.74, 6) is 0. The molecule has 0 aliphatic carbocycles. The van der Waals surface area contributed by atoms with Crippen molar-refractivity contribution in [3.8, 4) is 0 Å². The van der Waals surface area contributed by atoms with Gasteiger partial charge in [0.2, 0.25) is 0 Å². The maximum absolute atomic E-state index is 5.98. The summed E-state index contributed by atoms with van der Waals surface area (Å²) < 4.78 is 5.98. The highest BCUT2D eigenvalue weighted by molar-refractivity contribution is 5.25. The molecule has 0 aliphatic heterocycles. The van der Waals surface area contributed by atoms with Crippen LogP contribution in [0.15, 0.2) is 24.3 Å². The molecule has 0 aromatic heterocycles. The van der Waals surface area contributed by atoms with Crippen LogP contribution in [0.25, 0.3) is 0 Å². The predicted octanol–water partition coefficient (Wildman–Crippen LogP) is 3.71. The third kappa shape index (κ3) is 4.43. The van der Waals surface area contributed by atoms with Crippen LogP contribution in [-0.4, -0.2) is 19.3 Å². The number of likely N-dealkylation sites (N-methyl/N-ethyl adjacent to an activating group) is 1. The molecule has 0 saturated carbocycles. The van der Waals surface area contributed by atoms with Gasteiger partial charge in [0.1, 0.15) is 0 Å². The molecule has 1 rings (SSSR count). The Hall–Kier alpha value is -0.860. The quantitative estimate of drug-likeness (QED) is 0.795. The molecule has 0 aliphatic rings. The van der Waals surface area contributed by atoms with E-state index in [1.165, 1.54) is 11.1 Å². The third-order valence-corrected chi connectivity index (χ3v) is 3.63. The maximum Gasteiger partial charge on any atom is 0.0668 e. The smallest absolute Gasteiger partial charge is 0.0668 e. The lowest BCUT2D eigenvalue weighted by Gasteiger charge is -2.27. The standard InChI is InChI=1S/C16H27NO/c1-6-13-8-10-14(11-9-13)15(17-5)12-18-16(3,4)7-2/h8-11,15,17H,6-7,12H2,1-5H3. The largest absolute Gasteiger partial charge is 0.374 e. The first-order valence-corrected chi connectivity index (χ1v) is 6.92. The fourth-order valence-electron chi connectivity index (χ4n) is 1.74. The van der Waals surface area contributed by atoms with E-state index in [1.54, 1.807) is 0 Å². The molecule has 1 unspecified atom stereocenters. The van der Waals surface area contributed by atoms with Crippen LogP contribution in [0.4, 0.5) is 0 Å². The van der Waals surface area contributed by atoms with Crippen molar-refractivity contribution in [1.29, 1.82) is 0 Å². The molecule has 0 spiro atoms. The van der Waals surface area contributed by atoms with Gasteiger partial charge in [-0.15, -0.1) is 0 Å². The molecule has 1 N–H and O–H groups in total. The van der Waals surface area contributed by atoms with Gasteiger partial charge < -0.3 is 10.1 Å². The van der Waals surface area contributed by atoms with Crippen molar-refractivity contribution >= 4 is 0 Å². The van der Waals surface area contributed by atoms with E-state index in [1.807, 2.05) is 7.05 Å².